The number of piperidine rings is 1. The van der Waals surface area contributed by atoms with Crippen LogP contribution in [0.25, 0.3) is 10.8 Å². The molecule has 0 saturated carbocycles. The monoisotopic (exact) mass is 370 g/mol. The van der Waals surface area contributed by atoms with Crippen LogP contribution in [0.3, 0.4) is 0 Å². The van der Waals surface area contributed by atoms with E-state index >= 15 is 0 Å². The second kappa shape index (κ2) is 9.13. The third-order valence-electron chi connectivity index (χ3n) is 5.36. The fraction of sp³-hybridized carbons (Fsp3) is 0.571. The molecule has 6 heteroatoms. The van der Waals surface area contributed by atoms with E-state index in [0.29, 0.717) is 17.6 Å². The van der Waals surface area contributed by atoms with Crippen molar-refractivity contribution in [3.8, 4) is 0 Å². The molecule has 1 amide bonds. The van der Waals surface area contributed by atoms with Crippen molar-refractivity contribution in [2.24, 2.45) is 0 Å². The number of amides is 1. The third-order valence-corrected chi connectivity index (χ3v) is 5.36. The average Bonchev–Trinajstić information content (AvgIpc) is 2.70. The van der Waals surface area contributed by atoms with Crippen LogP contribution in [0.1, 0.15) is 45.2 Å². The second-order valence-electron chi connectivity index (χ2n) is 7.32. The highest BCUT2D eigenvalue weighted by Gasteiger charge is 2.19. The van der Waals surface area contributed by atoms with Gasteiger partial charge in [0.1, 0.15) is 0 Å². The molecule has 146 valence electrons. The van der Waals surface area contributed by atoms with Crippen LogP contribution in [0, 0.1) is 0 Å². The topological polar surface area (TPSA) is 67.2 Å². The summed E-state index contributed by atoms with van der Waals surface area (Å²) < 4.78 is 1.44. The number of carbonyl (C=O) groups is 1. The minimum absolute atomic E-state index is 0.0298. The Morgan fingerprint density at radius 1 is 1.15 bits per heavy atom. The van der Waals surface area contributed by atoms with Crippen molar-refractivity contribution < 1.29 is 4.79 Å². The van der Waals surface area contributed by atoms with E-state index < -0.39 is 0 Å². The van der Waals surface area contributed by atoms with Crippen molar-refractivity contribution in [1.29, 1.82) is 0 Å². The van der Waals surface area contributed by atoms with Crippen LogP contribution in [-0.2, 0) is 17.8 Å². The van der Waals surface area contributed by atoms with Gasteiger partial charge in [0.05, 0.1) is 17.5 Å². The molecule has 0 spiro atoms. The first-order valence-electron chi connectivity index (χ1n) is 10.1. The van der Waals surface area contributed by atoms with E-state index in [9.17, 15) is 9.59 Å². The van der Waals surface area contributed by atoms with E-state index in [1.807, 2.05) is 25.1 Å². The van der Waals surface area contributed by atoms with Gasteiger partial charge in [0.25, 0.3) is 5.56 Å². The summed E-state index contributed by atoms with van der Waals surface area (Å²) in [5.74, 6) is -0.0298. The van der Waals surface area contributed by atoms with Crippen LogP contribution in [-0.4, -0.2) is 46.3 Å². The maximum absolute atomic E-state index is 12.7. The number of aromatic nitrogens is 2. The Bertz CT molecular complexity index is 840. The molecule has 1 N–H and O–H groups in total. The number of carbonyl (C=O) groups excluding carboxylic acids is 1. The molecule has 0 radical (unpaired) electrons. The van der Waals surface area contributed by atoms with Crippen LogP contribution in [0.15, 0.2) is 29.1 Å². The van der Waals surface area contributed by atoms with Gasteiger partial charge < -0.3 is 10.2 Å². The average molecular weight is 370 g/mol. The lowest BCUT2D eigenvalue weighted by Crippen LogP contribution is -2.45. The molecule has 1 atom stereocenters. The lowest BCUT2D eigenvalue weighted by atomic mass is 10.1. The van der Waals surface area contributed by atoms with Crippen molar-refractivity contribution in [1.82, 2.24) is 20.0 Å². The first-order valence-corrected chi connectivity index (χ1v) is 10.1. The van der Waals surface area contributed by atoms with Crippen molar-refractivity contribution in [2.45, 2.75) is 58.5 Å². The van der Waals surface area contributed by atoms with Gasteiger partial charge in [0.2, 0.25) is 5.91 Å². The molecule has 2 aromatic rings. The van der Waals surface area contributed by atoms with Gasteiger partial charge in [-0.15, -0.1) is 0 Å². The number of fused-ring (bicyclic) bond motifs is 1. The predicted octanol–water partition coefficient (Wildman–Crippen LogP) is 2.34. The zero-order valence-corrected chi connectivity index (χ0v) is 16.4. The van der Waals surface area contributed by atoms with E-state index in [4.69, 9.17) is 0 Å². The standard InChI is InChI=1S/C21H30N4O2/c1-3-16(15-24-12-8-5-9-13-24)22-20(26)14-19-17-10-6-7-11-18(17)21(27)25(4-2)23-19/h6-7,10-11,16H,3-5,8-9,12-15H2,1-2H3,(H,22,26)/t16-/m0/s1. The van der Waals surface area contributed by atoms with E-state index in [0.717, 1.165) is 31.4 Å². The number of nitrogens with zero attached hydrogens (tertiary/aromatic N) is 3. The van der Waals surface area contributed by atoms with Gasteiger partial charge in [-0.2, -0.15) is 5.10 Å². The highest BCUT2D eigenvalue weighted by Crippen LogP contribution is 2.14. The van der Waals surface area contributed by atoms with Gasteiger partial charge in [-0.25, -0.2) is 4.68 Å². The summed E-state index contributed by atoms with van der Waals surface area (Å²) in [4.78, 5) is 27.6. The zero-order valence-electron chi connectivity index (χ0n) is 16.4. The van der Waals surface area contributed by atoms with Gasteiger partial charge >= 0.3 is 0 Å². The van der Waals surface area contributed by atoms with Gasteiger partial charge in [-0.1, -0.05) is 31.5 Å². The number of likely N-dealkylation sites (tertiary alicyclic amines) is 1. The Balaban J connectivity index is 1.73. The Morgan fingerprint density at radius 3 is 2.52 bits per heavy atom. The Labute approximate surface area is 160 Å². The van der Waals surface area contributed by atoms with E-state index in [2.05, 4.69) is 22.2 Å². The lowest BCUT2D eigenvalue weighted by Gasteiger charge is -2.30. The highest BCUT2D eigenvalue weighted by atomic mass is 16.2. The van der Waals surface area contributed by atoms with Crippen LogP contribution >= 0.6 is 0 Å². The quantitative estimate of drug-likeness (QED) is 0.812. The second-order valence-corrected chi connectivity index (χ2v) is 7.32. The van der Waals surface area contributed by atoms with Crippen molar-refractivity contribution in [2.75, 3.05) is 19.6 Å². The smallest absolute Gasteiger partial charge is 0.274 e. The highest BCUT2D eigenvalue weighted by molar-refractivity contribution is 5.88. The number of aryl methyl sites for hydroxylation is 1. The van der Waals surface area contributed by atoms with Gasteiger partial charge in [-0.3, -0.25) is 9.59 Å². The molecule has 27 heavy (non-hydrogen) atoms. The summed E-state index contributed by atoms with van der Waals surface area (Å²) in [6.07, 6.45) is 4.91. The maximum Gasteiger partial charge on any atom is 0.274 e. The fourth-order valence-corrected chi connectivity index (χ4v) is 3.81. The number of hydrogen-bond donors (Lipinski definition) is 1. The predicted molar refractivity (Wildman–Crippen MR) is 108 cm³/mol. The molecule has 1 aromatic carbocycles. The van der Waals surface area contributed by atoms with Gasteiger partial charge in [0.15, 0.2) is 0 Å². The molecule has 0 aliphatic carbocycles. The Hall–Kier alpha value is -2.21. The maximum atomic E-state index is 12.7. The van der Waals surface area contributed by atoms with Gasteiger partial charge in [0, 0.05) is 24.5 Å². The van der Waals surface area contributed by atoms with Crippen molar-refractivity contribution in [3.05, 3.63) is 40.3 Å². The Kier molecular flexibility index (Phi) is 6.61. The largest absolute Gasteiger partial charge is 0.352 e. The first-order chi connectivity index (χ1) is 13.1. The molecule has 1 aliphatic rings. The molecule has 2 heterocycles. The molecule has 1 aromatic heterocycles. The molecule has 0 unspecified atom stereocenters. The minimum Gasteiger partial charge on any atom is -0.352 e. The minimum atomic E-state index is -0.103. The van der Waals surface area contributed by atoms with E-state index in [-0.39, 0.29) is 23.9 Å². The molecule has 0 bridgehead atoms. The fourth-order valence-electron chi connectivity index (χ4n) is 3.81. The summed E-state index contributed by atoms with van der Waals surface area (Å²) in [6.45, 7) is 7.65. The zero-order chi connectivity index (χ0) is 19.2. The SMILES string of the molecule is CC[C@@H](CN1CCCCC1)NC(=O)Cc1nn(CC)c(=O)c2ccccc12. The molecule has 1 fully saturated rings. The van der Waals surface area contributed by atoms with E-state index in [1.165, 1.54) is 23.9 Å². The van der Waals surface area contributed by atoms with Crippen LogP contribution in [0.5, 0.6) is 0 Å². The number of nitrogens with one attached hydrogen (secondary N) is 1. The molecule has 3 rings (SSSR count). The third kappa shape index (κ3) is 4.75. The molecule has 6 nitrogen and oxygen atoms in total. The summed E-state index contributed by atoms with van der Waals surface area (Å²) in [6, 6.07) is 7.56. The lowest BCUT2D eigenvalue weighted by molar-refractivity contribution is -0.121. The van der Waals surface area contributed by atoms with Crippen LogP contribution < -0.4 is 10.9 Å². The van der Waals surface area contributed by atoms with Crippen molar-refractivity contribution in [3.63, 3.8) is 0 Å². The number of benzene rings is 1. The summed E-state index contributed by atoms with van der Waals surface area (Å²) in [5, 5.41) is 9.00. The normalized spacial score (nSPS) is 16.4. The molecule has 1 aliphatic heterocycles. The van der Waals surface area contributed by atoms with E-state index in [1.54, 1.807) is 6.07 Å². The van der Waals surface area contributed by atoms with Crippen molar-refractivity contribution >= 4 is 16.7 Å². The first kappa shape index (κ1) is 19.5. The van der Waals surface area contributed by atoms with Gasteiger partial charge in [-0.05, 0) is 45.3 Å². The van der Waals surface area contributed by atoms with Crippen LogP contribution in [0.4, 0.5) is 0 Å². The summed E-state index contributed by atoms with van der Waals surface area (Å²) >= 11 is 0. The number of hydrogen-bond acceptors (Lipinski definition) is 4. The summed E-state index contributed by atoms with van der Waals surface area (Å²) in [7, 11) is 0. The Morgan fingerprint density at radius 2 is 1.85 bits per heavy atom. The summed E-state index contributed by atoms with van der Waals surface area (Å²) in [5.41, 5.74) is 0.561. The molecular formula is C21H30N4O2. The number of rotatable bonds is 7. The molecular weight excluding hydrogens is 340 g/mol. The molecule has 1 saturated heterocycles. The van der Waals surface area contributed by atoms with Crippen LogP contribution in [0.2, 0.25) is 0 Å².